The number of aryl methyl sites for hydroxylation is 1. The molecule has 5 heteroatoms. The summed E-state index contributed by atoms with van der Waals surface area (Å²) >= 11 is 0. The molecule has 1 rings (SSSR count). The fraction of sp³-hybridized carbons (Fsp3) is 0.364. The molecule has 1 aromatic carbocycles. The molecular weight excluding hydrogens is 223 g/mol. The molecule has 0 radical (unpaired) electrons. The Labute approximate surface area is 97.3 Å². The van der Waals surface area contributed by atoms with Gasteiger partial charge in [0.25, 0.3) is 0 Å². The minimum atomic E-state index is -1.78. The second-order valence-electron chi connectivity index (χ2n) is 3.72. The van der Waals surface area contributed by atoms with Crippen LogP contribution in [0.5, 0.6) is 0 Å². The maximum absolute atomic E-state index is 11.3. The van der Waals surface area contributed by atoms with Gasteiger partial charge in [-0.25, -0.2) is 0 Å². The highest BCUT2D eigenvalue weighted by Gasteiger charge is 2.18. The van der Waals surface area contributed by atoms with Crippen LogP contribution < -0.4 is 10.2 Å². The van der Waals surface area contributed by atoms with Crippen molar-refractivity contribution in [2.75, 3.05) is 19.0 Å². The maximum atomic E-state index is 11.3. The molecule has 1 atom stereocenters. The van der Waals surface area contributed by atoms with E-state index in [1.54, 1.807) is 13.0 Å². The van der Waals surface area contributed by atoms with Gasteiger partial charge in [-0.2, -0.15) is 4.51 Å². The van der Waals surface area contributed by atoms with Gasteiger partial charge in [-0.1, -0.05) is 0 Å². The average Bonchev–Trinajstić information content (AvgIpc) is 2.26. The van der Waals surface area contributed by atoms with Crippen LogP contribution in [0.3, 0.4) is 0 Å². The monoisotopic (exact) mass is 240 g/mol. The molecule has 0 fully saturated rings. The van der Waals surface area contributed by atoms with Gasteiger partial charge in [0.2, 0.25) is 0 Å². The molecule has 0 aliphatic rings. The summed E-state index contributed by atoms with van der Waals surface area (Å²) in [5.41, 5.74) is 2.14. The maximum Gasteiger partial charge on any atom is 0.375 e. The van der Waals surface area contributed by atoms with Gasteiger partial charge in [0.15, 0.2) is 6.21 Å². The molecule has 1 unspecified atom stereocenters. The molecule has 0 bridgehead atoms. The van der Waals surface area contributed by atoms with E-state index < -0.39 is 8.30 Å². The van der Waals surface area contributed by atoms with Crippen molar-refractivity contribution in [3.8, 4) is 0 Å². The van der Waals surface area contributed by atoms with Gasteiger partial charge in [-0.15, -0.1) is 0 Å². The van der Waals surface area contributed by atoms with Gasteiger partial charge in [0.05, 0.1) is 5.30 Å². The van der Waals surface area contributed by atoms with Crippen LogP contribution in [0.4, 0.5) is 5.69 Å². The normalized spacial score (nSPS) is 13.7. The fourth-order valence-corrected chi connectivity index (χ4v) is 2.45. The third kappa shape index (κ3) is 2.71. The van der Waals surface area contributed by atoms with Crippen LogP contribution in [0, 0.1) is 12.1 Å². The number of anilines is 1. The van der Waals surface area contributed by atoms with E-state index in [9.17, 15) is 10.1 Å². The van der Waals surface area contributed by atoms with Crippen LogP contribution in [0.25, 0.3) is 0 Å². The summed E-state index contributed by atoms with van der Waals surface area (Å²) < 4.78 is 0.597. The number of nitrogens with zero attached hydrogens (tertiary/aromatic N) is 2. The Bertz CT molecular complexity index is 405. The van der Waals surface area contributed by atoms with Crippen LogP contribution in [0.1, 0.15) is 12.5 Å². The van der Waals surface area contributed by atoms with Crippen molar-refractivity contribution in [2.45, 2.75) is 13.8 Å². The number of hydrogen-bond acceptors (Lipinski definition) is 3. The average molecular weight is 240 g/mol. The molecule has 0 saturated heterocycles. The van der Waals surface area contributed by atoms with E-state index in [2.05, 4.69) is 0 Å². The van der Waals surface area contributed by atoms with E-state index in [-0.39, 0.29) is 0 Å². The van der Waals surface area contributed by atoms with Gasteiger partial charge in [0, 0.05) is 26.7 Å². The first-order valence-corrected chi connectivity index (χ1v) is 6.25. The summed E-state index contributed by atoms with van der Waals surface area (Å²) in [5, 5.41) is 11.9. The van der Waals surface area contributed by atoms with Gasteiger partial charge in [-0.05, 0) is 30.7 Å². The molecule has 4 nitrogen and oxygen atoms in total. The van der Waals surface area contributed by atoms with E-state index in [0.717, 1.165) is 11.3 Å². The van der Waals surface area contributed by atoms with Crippen molar-refractivity contribution >= 4 is 25.5 Å². The molecule has 0 aliphatic carbocycles. The highest BCUT2D eigenvalue weighted by molar-refractivity contribution is 7.53. The molecule has 0 aromatic heterocycles. The zero-order valence-electron chi connectivity index (χ0n) is 10.0. The van der Waals surface area contributed by atoms with Crippen LogP contribution in [-0.2, 0) is 0 Å². The highest BCUT2D eigenvalue weighted by Crippen LogP contribution is 2.30. The predicted octanol–water partition coefficient (Wildman–Crippen LogP) is 1.59. The highest BCUT2D eigenvalue weighted by atomic mass is 31.2. The minimum Gasteiger partial charge on any atom is -0.621 e. The number of benzene rings is 1. The van der Waals surface area contributed by atoms with Crippen LogP contribution in [0.2, 0.25) is 0 Å². The van der Waals surface area contributed by atoms with Crippen LogP contribution >= 0.6 is 8.30 Å². The Kier molecular flexibility index (Phi) is 4.27. The van der Waals surface area contributed by atoms with Crippen molar-refractivity contribution in [1.82, 2.24) is 0 Å². The number of rotatable bonds is 3. The van der Waals surface area contributed by atoms with Crippen molar-refractivity contribution < 1.29 is 9.40 Å². The zero-order valence-corrected chi connectivity index (χ0v) is 10.9. The quantitative estimate of drug-likeness (QED) is 0.378. The summed E-state index contributed by atoms with van der Waals surface area (Å²) in [6, 6.07) is 5.57. The lowest BCUT2D eigenvalue weighted by Crippen LogP contribution is -2.14. The molecule has 16 heavy (non-hydrogen) atoms. The molecule has 0 heterocycles. The van der Waals surface area contributed by atoms with Gasteiger partial charge < -0.3 is 15.0 Å². The topological polar surface area (TPSA) is 49.5 Å². The van der Waals surface area contributed by atoms with Gasteiger partial charge in [-0.3, -0.25) is 0 Å². The van der Waals surface area contributed by atoms with Crippen molar-refractivity contribution in [3.05, 3.63) is 29.0 Å². The summed E-state index contributed by atoms with van der Waals surface area (Å²) in [6.45, 7) is 3.58. The van der Waals surface area contributed by atoms with Crippen LogP contribution in [-0.4, -0.2) is 29.7 Å². The molecule has 0 spiro atoms. The third-order valence-electron chi connectivity index (χ3n) is 2.30. The molecule has 0 aliphatic heterocycles. The molecule has 1 N–H and O–H groups in total. The molecule has 0 saturated carbocycles. The molecule has 0 amide bonds. The van der Waals surface area contributed by atoms with Gasteiger partial charge in [0.1, 0.15) is 0 Å². The van der Waals surface area contributed by atoms with E-state index >= 15 is 0 Å². The van der Waals surface area contributed by atoms with Crippen LogP contribution in [0.15, 0.2) is 18.2 Å². The Morgan fingerprint density at radius 1 is 1.44 bits per heavy atom. The lowest BCUT2D eigenvalue weighted by molar-refractivity contribution is -0.280. The molecular formula is C11H17N2O2P. The van der Waals surface area contributed by atoms with Crippen molar-refractivity contribution in [2.24, 2.45) is 0 Å². The first-order valence-electron chi connectivity index (χ1n) is 5.00. The first-order chi connectivity index (χ1) is 7.47. The zero-order chi connectivity index (χ0) is 12.3. The Balaban J connectivity index is 3.06. The largest absolute Gasteiger partial charge is 0.621 e. The smallest absolute Gasteiger partial charge is 0.375 e. The lowest BCUT2D eigenvalue weighted by Gasteiger charge is -2.17. The number of hydrogen-bond donors (Lipinski definition) is 1. The van der Waals surface area contributed by atoms with Crippen molar-refractivity contribution in [3.63, 3.8) is 0 Å². The van der Waals surface area contributed by atoms with E-state index in [1.165, 1.54) is 6.21 Å². The second kappa shape index (κ2) is 5.28. The minimum absolute atomic E-state index is 0.597. The van der Waals surface area contributed by atoms with E-state index in [0.29, 0.717) is 9.81 Å². The SMILES string of the molecule is C/C=[N+](/[O-])P(O)c1ccc(N(C)C)c(C)c1. The third-order valence-corrected chi connectivity index (χ3v) is 3.65. The van der Waals surface area contributed by atoms with E-state index in [1.807, 2.05) is 38.1 Å². The Morgan fingerprint density at radius 3 is 2.50 bits per heavy atom. The molecule has 1 aromatic rings. The summed E-state index contributed by atoms with van der Waals surface area (Å²) in [5.74, 6) is 0. The lowest BCUT2D eigenvalue weighted by atomic mass is 10.2. The molecule has 88 valence electrons. The Hall–Kier alpha value is -1.12. The summed E-state index contributed by atoms with van der Waals surface area (Å²) in [4.78, 5) is 11.8. The van der Waals surface area contributed by atoms with Gasteiger partial charge >= 0.3 is 8.30 Å². The fourth-order valence-electron chi connectivity index (χ4n) is 1.49. The Morgan fingerprint density at radius 2 is 2.06 bits per heavy atom. The first kappa shape index (κ1) is 12.9. The van der Waals surface area contributed by atoms with E-state index in [4.69, 9.17) is 0 Å². The summed E-state index contributed by atoms with van der Waals surface area (Å²) in [7, 11) is 2.14. The summed E-state index contributed by atoms with van der Waals surface area (Å²) in [6.07, 6.45) is 1.33. The standard InChI is InChI=1S/C11H17N2O2P/c1-5-13(14)16(15)10-6-7-11(12(3)4)9(2)8-10/h5-8,15H,1-4H3/b13-5-. The second-order valence-corrected chi connectivity index (χ2v) is 5.20. The van der Waals surface area contributed by atoms with Crippen molar-refractivity contribution in [1.29, 1.82) is 0 Å². The predicted molar refractivity (Wildman–Crippen MR) is 69.6 cm³/mol.